The van der Waals surface area contributed by atoms with E-state index >= 15 is 0 Å². The molecule has 0 aromatic heterocycles. The highest BCUT2D eigenvalue weighted by Gasteiger charge is 2.55. The summed E-state index contributed by atoms with van der Waals surface area (Å²) in [5.41, 5.74) is 3.69. The third-order valence-electron chi connectivity index (χ3n) is 7.66. The fourth-order valence-electron chi connectivity index (χ4n) is 6.42. The van der Waals surface area contributed by atoms with Crippen LogP contribution < -0.4 is 5.32 Å². The van der Waals surface area contributed by atoms with E-state index in [0.717, 1.165) is 24.8 Å². The van der Waals surface area contributed by atoms with Crippen LogP contribution in [0.1, 0.15) is 82.4 Å². The number of hydrogen-bond donors (Lipinski definition) is 2. The minimum Gasteiger partial charge on any atom is -0.444 e. The lowest BCUT2D eigenvalue weighted by Crippen LogP contribution is -2.50. The quantitative estimate of drug-likeness (QED) is 0.759. The van der Waals surface area contributed by atoms with Gasteiger partial charge in [-0.2, -0.15) is 0 Å². The third-order valence-corrected chi connectivity index (χ3v) is 7.66. The van der Waals surface area contributed by atoms with Gasteiger partial charge in [0.1, 0.15) is 5.60 Å². The summed E-state index contributed by atoms with van der Waals surface area (Å²) in [7, 11) is 0. The lowest BCUT2D eigenvalue weighted by molar-refractivity contribution is 0.0244. The predicted molar refractivity (Wildman–Crippen MR) is 110 cm³/mol. The molecule has 5 atom stereocenters. The van der Waals surface area contributed by atoms with Crippen LogP contribution in [0.4, 0.5) is 4.79 Å². The molecule has 0 aliphatic heterocycles. The van der Waals surface area contributed by atoms with Gasteiger partial charge in [0.05, 0.1) is 6.61 Å². The Hall–Kier alpha value is -1.55. The van der Waals surface area contributed by atoms with Crippen molar-refractivity contribution < 1.29 is 14.6 Å². The Balaban J connectivity index is 1.51. The monoisotopic (exact) mass is 385 g/mol. The maximum atomic E-state index is 12.4. The van der Waals surface area contributed by atoms with Gasteiger partial charge in [-0.25, -0.2) is 4.79 Å². The molecular weight excluding hydrogens is 350 g/mol. The standard InChI is InChI=1S/C24H35NO3/c1-23(2,3)28-22(27)25-21-10-9-20-19-8-6-16-13-15(14-26)5-7-17(16)18(19)11-12-24(20,21)4/h5,7,13,18-21,26H,6,8-12,14H2,1-4H3,(H,25,27)/t18-,19-,20+,21+,24+/m1/s1. The highest BCUT2D eigenvalue weighted by molar-refractivity contribution is 5.68. The molecule has 2 fully saturated rings. The molecule has 0 bridgehead atoms. The molecule has 4 nitrogen and oxygen atoms in total. The van der Waals surface area contributed by atoms with Crippen LogP contribution in [0.25, 0.3) is 0 Å². The van der Waals surface area contributed by atoms with E-state index in [-0.39, 0.29) is 24.2 Å². The van der Waals surface area contributed by atoms with Gasteiger partial charge < -0.3 is 15.2 Å². The summed E-state index contributed by atoms with van der Waals surface area (Å²) in [5, 5.41) is 12.7. The minimum atomic E-state index is -0.457. The lowest BCUT2D eigenvalue weighted by Gasteiger charge is -2.51. The Labute approximate surface area is 169 Å². The van der Waals surface area contributed by atoms with Crippen LogP contribution in [0, 0.1) is 17.3 Å². The largest absolute Gasteiger partial charge is 0.444 e. The summed E-state index contributed by atoms with van der Waals surface area (Å²) in [5.74, 6) is 2.00. The number of aliphatic hydroxyl groups is 1. The van der Waals surface area contributed by atoms with E-state index in [1.807, 2.05) is 20.8 Å². The third kappa shape index (κ3) is 3.45. The van der Waals surface area contributed by atoms with Gasteiger partial charge in [0.2, 0.25) is 0 Å². The molecule has 2 N–H and O–H groups in total. The molecule has 0 radical (unpaired) electrons. The first-order chi connectivity index (χ1) is 13.2. The Morgan fingerprint density at radius 1 is 1.25 bits per heavy atom. The van der Waals surface area contributed by atoms with Crippen LogP contribution in [-0.2, 0) is 17.8 Å². The topological polar surface area (TPSA) is 58.6 Å². The number of amides is 1. The van der Waals surface area contributed by atoms with Crippen molar-refractivity contribution >= 4 is 6.09 Å². The molecule has 1 aromatic rings. The molecule has 0 saturated heterocycles. The van der Waals surface area contributed by atoms with E-state index in [1.54, 1.807) is 0 Å². The fourth-order valence-corrected chi connectivity index (χ4v) is 6.42. The number of aliphatic hydroxyl groups excluding tert-OH is 1. The molecule has 4 rings (SSSR count). The number of ether oxygens (including phenoxy) is 1. The molecule has 154 valence electrons. The summed E-state index contributed by atoms with van der Waals surface area (Å²) in [6.45, 7) is 8.27. The normalized spacial score (nSPS) is 34.2. The molecule has 1 amide bonds. The second-order valence-electron chi connectivity index (χ2n) is 10.4. The Kier molecular flexibility index (Phi) is 4.97. The van der Waals surface area contributed by atoms with Gasteiger partial charge in [-0.15, -0.1) is 0 Å². The van der Waals surface area contributed by atoms with E-state index < -0.39 is 5.60 Å². The first-order valence-electron chi connectivity index (χ1n) is 10.9. The van der Waals surface area contributed by atoms with Crippen LogP contribution in [-0.4, -0.2) is 22.8 Å². The number of hydrogen-bond acceptors (Lipinski definition) is 3. The van der Waals surface area contributed by atoms with Gasteiger partial charge in [0.25, 0.3) is 0 Å². The predicted octanol–water partition coefficient (Wildman–Crippen LogP) is 4.93. The number of carbonyl (C=O) groups excluding carboxylic acids is 1. The zero-order valence-corrected chi connectivity index (χ0v) is 17.8. The fraction of sp³-hybridized carbons (Fsp3) is 0.708. The van der Waals surface area contributed by atoms with E-state index in [9.17, 15) is 9.90 Å². The number of carbonyl (C=O) groups is 1. The van der Waals surface area contributed by atoms with Crippen LogP contribution in [0.15, 0.2) is 18.2 Å². The van der Waals surface area contributed by atoms with Crippen LogP contribution in [0.3, 0.4) is 0 Å². The Bertz CT molecular complexity index is 753. The van der Waals surface area contributed by atoms with Crippen molar-refractivity contribution in [3.63, 3.8) is 0 Å². The van der Waals surface area contributed by atoms with E-state index in [0.29, 0.717) is 17.8 Å². The van der Waals surface area contributed by atoms with Crippen LogP contribution >= 0.6 is 0 Å². The molecule has 3 aliphatic carbocycles. The second-order valence-corrected chi connectivity index (χ2v) is 10.4. The van der Waals surface area contributed by atoms with Gasteiger partial charge in [0, 0.05) is 6.04 Å². The molecule has 0 unspecified atom stereocenters. The molecule has 1 aromatic carbocycles. The highest BCUT2D eigenvalue weighted by Crippen LogP contribution is 2.60. The molecular formula is C24H35NO3. The minimum absolute atomic E-state index is 0.125. The van der Waals surface area contributed by atoms with Crippen molar-refractivity contribution in [1.29, 1.82) is 0 Å². The van der Waals surface area contributed by atoms with Crippen molar-refractivity contribution in [2.45, 2.75) is 90.4 Å². The number of fused-ring (bicyclic) bond motifs is 5. The summed E-state index contributed by atoms with van der Waals surface area (Å²) in [6, 6.07) is 6.79. The van der Waals surface area contributed by atoms with Crippen molar-refractivity contribution in [2.24, 2.45) is 17.3 Å². The molecule has 0 spiro atoms. The smallest absolute Gasteiger partial charge is 0.407 e. The van der Waals surface area contributed by atoms with Gasteiger partial charge in [-0.05, 0) is 99.2 Å². The number of alkyl carbamates (subject to hydrolysis) is 1. The van der Waals surface area contributed by atoms with Gasteiger partial charge in [-0.1, -0.05) is 25.1 Å². The average Bonchev–Trinajstić information content (AvgIpc) is 2.95. The molecule has 0 heterocycles. The van der Waals surface area contributed by atoms with Crippen molar-refractivity contribution in [1.82, 2.24) is 5.32 Å². The Morgan fingerprint density at radius 3 is 2.75 bits per heavy atom. The summed E-state index contributed by atoms with van der Waals surface area (Å²) in [6.07, 6.45) is 6.66. The maximum Gasteiger partial charge on any atom is 0.407 e. The molecule has 28 heavy (non-hydrogen) atoms. The van der Waals surface area contributed by atoms with E-state index in [4.69, 9.17) is 4.74 Å². The van der Waals surface area contributed by atoms with Crippen molar-refractivity contribution in [2.75, 3.05) is 0 Å². The van der Waals surface area contributed by atoms with E-state index in [1.165, 1.54) is 30.4 Å². The zero-order valence-electron chi connectivity index (χ0n) is 17.8. The molecule has 2 saturated carbocycles. The number of aryl methyl sites for hydroxylation is 1. The lowest BCUT2D eigenvalue weighted by atomic mass is 9.55. The first kappa shape index (κ1) is 19.8. The Morgan fingerprint density at radius 2 is 2.04 bits per heavy atom. The van der Waals surface area contributed by atoms with Gasteiger partial charge >= 0.3 is 6.09 Å². The SMILES string of the molecule is CC(C)(C)OC(=O)N[C@H]1CC[C@H]2[C@@H]3CCc4cc(CO)ccc4[C@H]3CC[C@]12C. The summed E-state index contributed by atoms with van der Waals surface area (Å²) in [4.78, 5) is 12.4. The summed E-state index contributed by atoms with van der Waals surface area (Å²) >= 11 is 0. The van der Waals surface area contributed by atoms with Crippen LogP contribution in [0.5, 0.6) is 0 Å². The molecule has 3 aliphatic rings. The number of rotatable bonds is 2. The number of nitrogens with one attached hydrogen (secondary N) is 1. The van der Waals surface area contributed by atoms with Crippen molar-refractivity contribution in [3.05, 3.63) is 34.9 Å². The second kappa shape index (κ2) is 7.05. The number of benzene rings is 1. The zero-order chi connectivity index (χ0) is 20.1. The highest BCUT2D eigenvalue weighted by atomic mass is 16.6. The molecule has 4 heteroatoms. The van der Waals surface area contributed by atoms with E-state index in [2.05, 4.69) is 30.4 Å². The van der Waals surface area contributed by atoms with Gasteiger partial charge in [0.15, 0.2) is 0 Å². The van der Waals surface area contributed by atoms with Crippen molar-refractivity contribution in [3.8, 4) is 0 Å². The summed E-state index contributed by atoms with van der Waals surface area (Å²) < 4.78 is 5.53. The average molecular weight is 386 g/mol. The van der Waals surface area contributed by atoms with Crippen LogP contribution in [0.2, 0.25) is 0 Å². The first-order valence-corrected chi connectivity index (χ1v) is 10.9. The van der Waals surface area contributed by atoms with Gasteiger partial charge in [-0.3, -0.25) is 0 Å². The maximum absolute atomic E-state index is 12.4.